The molecule has 0 atom stereocenters. The number of hydrogen-bond donors (Lipinski definition) is 3. The third-order valence-electron chi connectivity index (χ3n) is 6.70. The molecular formula is C26H33N7O2S. The highest BCUT2D eigenvalue weighted by Crippen LogP contribution is 2.24. The minimum absolute atomic E-state index is 0.00701. The van der Waals surface area contributed by atoms with Gasteiger partial charge in [-0.2, -0.15) is 9.29 Å². The average Bonchev–Trinajstić information content (AvgIpc) is 3.36. The van der Waals surface area contributed by atoms with E-state index in [-0.39, 0.29) is 6.04 Å². The lowest BCUT2D eigenvalue weighted by molar-refractivity contribution is 0.213. The predicted molar refractivity (Wildman–Crippen MR) is 142 cm³/mol. The topological polar surface area (TPSA) is 102 Å². The second-order valence-corrected chi connectivity index (χ2v) is 11.3. The van der Waals surface area contributed by atoms with Crippen LogP contribution in [0.3, 0.4) is 0 Å². The van der Waals surface area contributed by atoms with Gasteiger partial charge in [0.15, 0.2) is 0 Å². The van der Waals surface area contributed by atoms with Crippen molar-refractivity contribution in [2.45, 2.75) is 30.7 Å². The number of benzene rings is 2. The molecule has 190 valence electrons. The van der Waals surface area contributed by atoms with Crippen molar-refractivity contribution in [2.24, 2.45) is 0 Å². The molecule has 2 saturated heterocycles. The highest BCUT2D eigenvalue weighted by molar-refractivity contribution is 7.89. The number of hydrogen-bond acceptors (Lipinski definition) is 8. The minimum atomic E-state index is -3.59. The lowest BCUT2D eigenvalue weighted by Gasteiger charge is -2.38. The zero-order chi connectivity index (χ0) is 25.0. The number of nitrogens with one attached hydrogen (secondary N) is 3. The Labute approximate surface area is 213 Å². The van der Waals surface area contributed by atoms with Crippen LogP contribution in [-0.2, 0) is 10.0 Å². The fourth-order valence-electron chi connectivity index (χ4n) is 4.47. The Bertz CT molecular complexity index is 1260. The van der Waals surface area contributed by atoms with Crippen molar-refractivity contribution < 1.29 is 8.42 Å². The molecule has 1 aromatic heterocycles. The van der Waals surface area contributed by atoms with E-state index < -0.39 is 10.0 Å². The second-order valence-electron chi connectivity index (χ2n) is 9.38. The molecule has 3 heterocycles. The Kier molecular flexibility index (Phi) is 7.47. The van der Waals surface area contributed by atoms with Crippen molar-refractivity contribution in [3.8, 4) is 0 Å². The van der Waals surface area contributed by atoms with Crippen molar-refractivity contribution in [1.82, 2.24) is 24.5 Å². The molecule has 0 unspecified atom stereocenters. The highest BCUT2D eigenvalue weighted by Gasteiger charge is 2.35. The lowest BCUT2D eigenvalue weighted by Crippen LogP contribution is -2.59. The first kappa shape index (κ1) is 24.6. The maximum atomic E-state index is 13.5. The summed E-state index contributed by atoms with van der Waals surface area (Å²) in [6, 6.07) is 16.7. The Morgan fingerprint density at radius 3 is 2.31 bits per heavy atom. The van der Waals surface area contributed by atoms with Gasteiger partial charge in [-0.1, -0.05) is 17.7 Å². The molecule has 2 aromatic carbocycles. The van der Waals surface area contributed by atoms with Crippen LogP contribution in [0.1, 0.15) is 18.4 Å². The summed E-state index contributed by atoms with van der Waals surface area (Å²) in [4.78, 5) is 11.5. The average molecular weight is 508 g/mol. The molecule has 3 N–H and O–H groups in total. The standard InChI is InChI=1S/C26H33N7O2S/c1-20-4-6-21(7-5-20)29-25-12-13-28-26(31-25)30-22-8-10-24(11-9-22)36(34,35)33(23-18-27-19-23)17-16-32-14-2-3-15-32/h4-13,23,27H,2-3,14-19H2,1H3,(H2,28,29,30,31). The largest absolute Gasteiger partial charge is 0.340 e. The van der Waals surface area contributed by atoms with Gasteiger partial charge in [-0.3, -0.25) is 0 Å². The van der Waals surface area contributed by atoms with Crippen molar-refractivity contribution >= 4 is 33.2 Å². The number of anilines is 4. The van der Waals surface area contributed by atoms with Crippen LogP contribution in [0.25, 0.3) is 0 Å². The Morgan fingerprint density at radius 2 is 1.64 bits per heavy atom. The van der Waals surface area contributed by atoms with Gasteiger partial charge in [-0.25, -0.2) is 13.4 Å². The van der Waals surface area contributed by atoms with E-state index in [1.54, 1.807) is 40.8 Å². The molecular weight excluding hydrogens is 474 g/mol. The molecule has 2 aliphatic rings. The van der Waals surface area contributed by atoms with E-state index in [2.05, 4.69) is 30.8 Å². The first-order valence-electron chi connectivity index (χ1n) is 12.5. The van der Waals surface area contributed by atoms with Gasteiger partial charge in [0.25, 0.3) is 0 Å². The first-order valence-corrected chi connectivity index (χ1v) is 13.9. The summed E-state index contributed by atoms with van der Waals surface area (Å²) in [6.07, 6.45) is 4.07. The Hall–Kier alpha value is -3.05. The third-order valence-corrected chi connectivity index (χ3v) is 8.67. The number of likely N-dealkylation sites (tertiary alicyclic amines) is 1. The van der Waals surface area contributed by atoms with Crippen LogP contribution < -0.4 is 16.0 Å². The summed E-state index contributed by atoms with van der Waals surface area (Å²) in [6.45, 7) is 6.85. The van der Waals surface area contributed by atoms with E-state index in [1.165, 1.54) is 18.4 Å². The Balaban J connectivity index is 1.25. The van der Waals surface area contributed by atoms with Crippen LogP contribution in [0, 0.1) is 6.92 Å². The predicted octanol–water partition coefficient (Wildman–Crippen LogP) is 3.33. The van der Waals surface area contributed by atoms with E-state index in [0.29, 0.717) is 36.3 Å². The van der Waals surface area contributed by atoms with E-state index >= 15 is 0 Å². The summed E-state index contributed by atoms with van der Waals surface area (Å²) in [5.74, 6) is 1.09. The lowest BCUT2D eigenvalue weighted by atomic mass is 10.2. The number of aryl methyl sites for hydroxylation is 1. The molecule has 0 spiro atoms. The fraction of sp³-hybridized carbons (Fsp3) is 0.385. The molecule has 36 heavy (non-hydrogen) atoms. The zero-order valence-electron chi connectivity index (χ0n) is 20.5. The normalized spacial score (nSPS) is 16.7. The van der Waals surface area contributed by atoms with Crippen LogP contribution in [0.2, 0.25) is 0 Å². The minimum Gasteiger partial charge on any atom is -0.340 e. The van der Waals surface area contributed by atoms with E-state index in [4.69, 9.17) is 0 Å². The van der Waals surface area contributed by atoms with E-state index in [0.717, 1.165) is 31.0 Å². The molecule has 10 heteroatoms. The van der Waals surface area contributed by atoms with E-state index in [9.17, 15) is 8.42 Å². The quantitative estimate of drug-likeness (QED) is 0.384. The number of aromatic nitrogens is 2. The zero-order valence-corrected chi connectivity index (χ0v) is 21.3. The van der Waals surface area contributed by atoms with Gasteiger partial charge < -0.3 is 20.9 Å². The highest BCUT2D eigenvalue weighted by atomic mass is 32.2. The molecule has 0 saturated carbocycles. The van der Waals surface area contributed by atoms with Crippen molar-refractivity contribution in [1.29, 1.82) is 0 Å². The van der Waals surface area contributed by atoms with Crippen LogP contribution in [0.5, 0.6) is 0 Å². The molecule has 0 radical (unpaired) electrons. The molecule has 3 aromatic rings. The summed E-state index contributed by atoms with van der Waals surface area (Å²) < 4.78 is 28.7. The monoisotopic (exact) mass is 507 g/mol. The van der Waals surface area contributed by atoms with Crippen molar-refractivity contribution in [3.63, 3.8) is 0 Å². The van der Waals surface area contributed by atoms with Gasteiger partial charge in [0.1, 0.15) is 5.82 Å². The Morgan fingerprint density at radius 1 is 0.972 bits per heavy atom. The fourth-order valence-corrected chi connectivity index (χ4v) is 6.08. The maximum Gasteiger partial charge on any atom is 0.243 e. The van der Waals surface area contributed by atoms with Crippen LogP contribution in [0.15, 0.2) is 65.7 Å². The molecule has 5 rings (SSSR count). The van der Waals surface area contributed by atoms with Gasteiger partial charge in [0.05, 0.1) is 10.9 Å². The van der Waals surface area contributed by atoms with Gasteiger partial charge in [-0.15, -0.1) is 0 Å². The first-order chi connectivity index (χ1) is 17.5. The summed E-state index contributed by atoms with van der Waals surface area (Å²) >= 11 is 0. The van der Waals surface area contributed by atoms with Gasteiger partial charge in [0.2, 0.25) is 16.0 Å². The molecule has 0 aliphatic carbocycles. The van der Waals surface area contributed by atoms with E-state index in [1.807, 2.05) is 31.2 Å². The van der Waals surface area contributed by atoms with Crippen molar-refractivity contribution in [3.05, 3.63) is 66.4 Å². The van der Waals surface area contributed by atoms with Crippen LogP contribution in [-0.4, -0.2) is 72.9 Å². The molecule has 0 bridgehead atoms. The van der Waals surface area contributed by atoms with Crippen molar-refractivity contribution in [2.75, 3.05) is 49.9 Å². The summed E-state index contributed by atoms with van der Waals surface area (Å²) in [5, 5.41) is 9.64. The van der Waals surface area contributed by atoms with Crippen LogP contribution in [0.4, 0.5) is 23.1 Å². The van der Waals surface area contributed by atoms with Gasteiger partial charge in [-0.05, 0) is 75.3 Å². The number of nitrogens with zero attached hydrogens (tertiary/aromatic N) is 4. The maximum absolute atomic E-state index is 13.5. The van der Waals surface area contributed by atoms with Gasteiger partial charge in [0, 0.05) is 43.8 Å². The summed E-state index contributed by atoms with van der Waals surface area (Å²) in [5.41, 5.74) is 2.85. The van der Waals surface area contributed by atoms with Gasteiger partial charge >= 0.3 is 0 Å². The SMILES string of the molecule is Cc1ccc(Nc2ccnc(Nc3ccc(S(=O)(=O)N(CCN4CCCC4)C4CNC4)cc3)n2)cc1. The number of rotatable bonds is 10. The number of sulfonamides is 1. The molecule has 0 amide bonds. The summed E-state index contributed by atoms with van der Waals surface area (Å²) in [7, 11) is -3.59. The molecule has 2 fully saturated rings. The van der Waals surface area contributed by atoms with Crippen LogP contribution >= 0.6 is 0 Å². The third kappa shape index (κ3) is 5.84. The molecule has 2 aliphatic heterocycles. The smallest absolute Gasteiger partial charge is 0.243 e. The second kappa shape index (κ2) is 10.9. The molecule has 9 nitrogen and oxygen atoms in total.